The molecule has 0 radical (unpaired) electrons. The molecule has 2 aromatic rings. The normalized spacial score (nSPS) is 11.6. The third-order valence-electron chi connectivity index (χ3n) is 4.42. The van der Waals surface area contributed by atoms with Gasteiger partial charge in [-0.1, -0.05) is 15.9 Å². The number of carboxylic acids is 1. The minimum atomic E-state index is -5.08. The number of carbonyl (C=O) groups is 2. The van der Waals surface area contributed by atoms with Crippen molar-refractivity contribution in [3.63, 3.8) is 0 Å². The van der Waals surface area contributed by atoms with Crippen LogP contribution in [0.2, 0.25) is 0 Å². The number of carbonyl (C=O) groups excluding carboxylic acids is 1. The van der Waals surface area contributed by atoms with E-state index in [1.54, 1.807) is 24.4 Å². The Labute approximate surface area is 210 Å². The molecule has 0 saturated heterocycles. The van der Waals surface area contributed by atoms with Crippen LogP contribution in [0, 0.1) is 0 Å². The van der Waals surface area contributed by atoms with E-state index in [1.165, 1.54) is 12.1 Å². The van der Waals surface area contributed by atoms with Gasteiger partial charge in [-0.3, -0.25) is 4.79 Å². The zero-order chi connectivity index (χ0) is 27.0. The number of hydrogen-bond acceptors (Lipinski definition) is 6. The second kappa shape index (κ2) is 12.9. The molecule has 1 aromatic heterocycles. The quantitative estimate of drug-likeness (QED) is 0.455. The van der Waals surface area contributed by atoms with Gasteiger partial charge in [0.2, 0.25) is 5.91 Å². The number of sulfone groups is 1. The fourth-order valence-electron chi connectivity index (χ4n) is 2.95. The summed E-state index contributed by atoms with van der Waals surface area (Å²) in [5.41, 5.74) is 0.544. The number of hydrogen-bond donors (Lipinski definition) is 2. The van der Waals surface area contributed by atoms with Crippen LogP contribution >= 0.6 is 15.9 Å². The lowest BCUT2D eigenvalue weighted by molar-refractivity contribution is -0.192. The first kappa shape index (κ1) is 30.4. The first-order chi connectivity index (χ1) is 16.0. The van der Waals surface area contributed by atoms with Crippen LogP contribution in [0.5, 0.6) is 0 Å². The molecule has 0 aliphatic heterocycles. The van der Waals surface area contributed by atoms with Gasteiger partial charge in [0, 0.05) is 23.0 Å². The van der Waals surface area contributed by atoms with Gasteiger partial charge in [0.05, 0.1) is 22.5 Å². The number of benzene rings is 1. The SMILES string of the molecule is CC(C)N(c1ccc(NC(=O)CCS(=O)(=O)c2ccc(Br)cc2)cn1)C(C)C.O=C(O)C(F)(F)F. The molecule has 35 heavy (non-hydrogen) atoms. The standard InChI is InChI=1S/C20H26BrN3O3S.C2HF3O2/c1-14(2)24(15(3)4)19-10-7-17(13-22-19)23-20(25)11-12-28(26,27)18-8-5-16(21)6-9-18;3-2(4,5)1(6)7/h5-10,13-15H,11-12H2,1-4H3,(H,23,25);(H,6,7). The van der Waals surface area contributed by atoms with E-state index in [9.17, 15) is 26.4 Å². The van der Waals surface area contributed by atoms with Gasteiger partial charge in [0.1, 0.15) is 5.82 Å². The maximum absolute atomic E-state index is 12.3. The summed E-state index contributed by atoms with van der Waals surface area (Å²) in [4.78, 5) is 27.9. The summed E-state index contributed by atoms with van der Waals surface area (Å²) < 4.78 is 57.2. The van der Waals surface area contributed by atoms with Gasteiger partial charge < -0.3 is 15.3 Å². The topological polar surface area (TPSA) is 117 Å². The molecule has 0 aliphatic rings. The lowest BCUT2D eigenvalue weighted by Gasteiger charge is -2.31. The second-order valence-corrected chi connectivity index (χ2v) is 10.9. The van der Waals surface area contributed by atoms with Gasteiger partial charge in [-0.15, -0.1) is 0 Å². The summed E-state index contributed by atoms with van der Waals surface area (Å²) in [6.07, 6.45) is -3.61. The number of aromatic nitrogens is 1. The molecular formula is C22H27BrF3N3O5S. The van der Waals surface area contributed by atoms with Crippen molar-refractivity contribution in [2.24, 2.45) is 0 Å². The van der Waals surface area contributed by atoms with E-state index in [0.717, 1.165) is 10.3 Å². The van der Waals surface area contributed by atoms with Crippen molar-refractivity contribution in [1.29, 1.82) is 0 Å². The Bertz CT molecular complexity index is 1080. The number of pyridine rings is 1. The van der Waals surface area contributed by atoms with Crippen molar-refractivity contribution in [2.75, 3.05) is 16.0 Å². The highest BCUT2D eigenvalue weighted by molar-refractivity contribution is 9.10. The molecule has 1 aromatic carbocycles. The summed E-state index contributed by atoms with van der Waals surface area (Å²) in [7, 11) is -3.51. The predicted octanol–water partition coefficient (Wildman–Crippen LogP) is 4.90. The minimum absolute atomic E-state index is 0.121. The van der Waals surface area contributed by atoms with E-state index in [-0.39, 0.29) is 23.0 Å². The molecule has 0 aliphatic carbocycles. The van der Waals surface area contributed by atoms with E-state index in [0.29, 0.717) is 17.8 Å². The number of amides is 1. The maximum atomic E-state index is 12.3. The van der Waals surface area contributed by atoms with E-state index in [2.05, 4.69) is 58.8 Å². The first-order valence-corrected chi connectivity index (χ1v) is 12.8. The van der Waals surface area contributed by atoms with Crippen LogP contribution in [-0.2, 0) is 19.4 Å². The molecule has 2 N–H and O–H groups in total. The van der Waals surface area contributed by atoms with E-state index in [4.69, 9.17) is 9.90 Å². The molecule has 194 valence electrons. The van der Waals surface area contributed by atoms with Crippen molar-refractivity contribution in [2.45, 2.75) is 57.3 Å². The highest BCUT2D eigenvalue weighted by Crippen LogP contribution is 2.20. The molecule has 1 heterocycles. The molecule has 0 saturated carbocycles. The highest BCUT2D eigenvalue weighted by atomic mass is 79.9. The molecule has 2 rings (SSSR count). The van der Waals surface area contributed by atoms with Gasteiger partial charge in [-0.05, 0) is 64.1 Å². The van der Waals surface area contributed by atoms with Crippen molar-refractivity contribution < 1.29 is 36.3 Å². The van der Waals surface area contributed by atoms with E-state index >= 15 is 0 Å². The molecule has 0 fully saturated rings. The van der Waals surface area contributed by atoms with Gasteiger partial charge in [-0.25, -0.2) is 18.2 Å². The van der Waals surface area contributed by atoms with Crippen molar-refractivity contribution >= 4 is 49.1 Å². The van der Waals surface area contributed by atoms with Crippen LogP contribution in [0.15, 0.2) is 52.0 Å². The van der Waals surface area contributed by atoms with Crippen LogP contribution in [-0.4, -0.2) is 54.4 Å². The average molecular weight is 582 g/mol. The van der Waals surface area contributed by atoms with Crippen LogP contribution in [0.4, 0.5) is 24.7 Å². The summed E-state index contributed by atoms with van der Waals surface area (Å²) in [6, 6.07) is 10.6. The van der Waals surface area contributed by atoms with Crippen LogP contribution in [0.3, 0.4) is 0 Å². The minimum Gasteiger partial charge on any atom is -0.475 e. The zero-order valence-corrected chi connectivity index (χ0v) is 21.9. The Hall–Kier alpha value is -2.67. The largest absolute Gasteiger partial charge is 0.490 e. The number of alkyl halides is 3. The summed E-state index contributed by atoms with van der Waals surface area (Å²) >= 11 is 3.27. The highest BCUT2D eigenvalue weighted by Gasteiger charge is 2.38. The lowest BCUT2D eigenvalue weighted by Crippen LogP contribution is -2.37. The molecule has 0 atom stereocenters. The van der Waals surface area contributed by atoms with Crippen LogP contribution in [0.1, 0.15) is 34.1 Å². The molecule has 0 spiro atoms. The van der Waals surface area contributed by atoms with Gasteiger partial charge in [0.25, 0.3) is 0 Å². The number of nitrogens with one attached hydrogen (secondary N) is 1. The number of nitrogens with zero attached hydrogens (tertiary/aromatic N) is 2. The number of rotatable bonds is 8. The predicted molar refractivity (Wildman–Crippen MR) is 130 cm³/mol. The Balaban J connectivity index is 0.000000762. The van der Waals surface area contributed by atoms with E-state index in [1.807, 2.05) is 6.07 Å². The van der Waals surface area contributed by atoms with Crippen LogP contribution < -0.4 is 10.2 Å². The molecule has 0 bridgehead atoms. The van der Waals surface area contributed by atoms with E-state index < -0.39 is 22.0 Å². The molecule has 0 unspecified atom stereocenters. The fourth-order valence-corrected chi connectivity index (χ4v) is 4.45. The van der Waals surface area contributed by atoms with Gasteiger partial charge in [0.15, 0.2) is 9.84 Å². The molecule has 8 nitrogen and oxygen atoms in total. The lowest BCUT2D eigenvalue weighted by atomic mass is 10.2. The second-order valence-electron chi connectivity index (χ2n) is 7.87. The maximum Gasteiger partial charge on any atom is 0.490 e. The monoisotopic (exact) mass is 581 g/mol. The zero-order valence-electron chi connectivity index (χ0n) is 19.5. The molecular weight excluding hydrogens is 555 g/mol. The average Bonchev–Trinajstić information content (AvgIpc) is 2.73. The van der Waals surface area contributed by atoms with Crippen molar-refractivity contribution in [3.8, 4) is 0 Å². The fraction of sp³-hybridized carbons (Fsp3) is 0.409. The Morgan fingerprint density at radius 2 is 1.57 bits per heavy atom. The third-order valence-corrected chi connectivity index (χ3v) is 6.68. The first-order valence-electron chi connectivity index (χ1n) is 10.4. The third kappa shape index (κ3) is 10.2. The summed E-state index contributed by atoms with van der Waals surface area (Å²) in [5, 5.41) is 9.83. The number of anilines is 2. The van der Waals surface area contributed by atoms with Crippen molar-refractivity contribution in [3.05, 3.63) is 47.1 Å². The Morgan fingerprint density at radius 1 is 1.06 bits per heavy atom. The van der Waals surface area contributed by atoms with Crippen molar-refractivity contribution in [1.82, 2.24) is 4.98 Å². The Morgan fingerprint density at radius 3 is 1.97 bits per heavy atom. The molecule has 1 amide bonds. The Kier molecular flexibility index (Phi) is 11.2. The number of carboxylic acid groups (broad SMARTS) is 1. The summed E-state index contributed by atoms with van der Waals surface area (Å²) in [5.74, 6) is -2.53. The summed E-state index contributed by atoms with van der Waals surface area (Å²) in [6.45, 7) is 8.40. The van der Waals surface area contributed by atoms with Gasteiger partial charge >= 0.3 is 12.1 Å². The van der Waals surface area contributed by atoms with Gasteiger partial charge in [-0.2, -0.15) is 13.2 Å². The number of halogens is 4. The molecule has 13 heteroatoms. The number of aliphatic carboxylic acids is 1. The van der Waals surface area contributed by atoms with Crippen LogP contribution in [0.25, 0.3) is 0 Å². The smallest absolute Gasteiger partial charge is 0.475 e.